The number of fused-ring (bicyclic) bond motifs is 1. The average Bonchev–Trinajstić information content (AvgIpc) is 3.57. The molecule has 11 nitrogen and oxygen atoms in total. The van der Waals surface area contributed by atoms with Gasteiger partial charge in [-0.25, -0.2) is 9.97 Å². The zero-order chi connectivity index (χ0) is 30.8. The normalized spacial score (nSPS) is 19.0. The Labute approximate surface area is 254 Å². The van der Waals surface area contributed by atoms with E-state index < -0.39 is 18.4 Å². The van der Waals surface area contributed by atoms with Gasteiger partial charge in [-0.3, -0.25) is 9.59 Å². The van der Waals surface area contributed by atoms with Gasteiger partial charge < -0.3 is 30.1 Å². The topological polar surface area (TPSA) is 116 Å². The molecule has 1 aromatic carbocycles. The minimum absolute atomic E-state index is 0.0411. The lowest BCUT2D eigenvalue weighted by atomic mass is 10.0. The van der Waals surface area contributed by atoms with E-state index in [-0.39, 0.29) is 35.4 Å². The Kier molecular flexibility index (Phi) is 8.19. The average molecular weight is 607 g/mol. The predicted molar refractivity (Wildman–Crippen MR) is 163 cm³/mol. The molecule has 3 aromatic rings. The molecular weight excluding hydrogens is 570 g/mol. The van der Waals surface area contributed by atoms with Gasteiger partial charge in [-0.2, -0.15) is 13.8 Å². The van der Waals surface area contributed by atoms with Gasteiger partial charge in [0.15, 0.2) is 5.82 Å². The maximum atomic E-state index is 14.9. The molecule has 6 rings (SSSR count). The smallest absolute Gasteiger partial charge is 0.342 e. The number of hydrogen-bond acceptors (Lipinski definition) is 9. The van der Waals surface area contributed by atoms with Crippen LogP contribution in [0.25, 0.3) is 0 Å². The zero-order valence-electron chi connectivity index (χ0n) is 24.8. The van der Waals surface area contributed by atoms with E-state index in [9.17, 15) is 18.4 Å². The van der Waals surface area contributed by atoms with Crippen LogP contribution in [0.3, 0.4) is 0 Å². The van der Waals surface area contributed by atoms with E-state index in [2.05, 4.69) is 30.5 Å². The number of ether oxygens (including phenoxy) is 1. The van der Waals surface area contributed by atoms with Crippen molar-refractivity contribution in [2.75, 3.05) is 53.8 Å². The SMILES string of the molecule is COc1cc(C(=O)NC2CCN(c3ccccn3)CC2)ccc1Nc1ncc2c(n1)N(C1CCCC1)CC(F)(F)C(=O)N2C. The molecule has 0 spiro atoms. The number of halogens is 2. The van der Waals surface area contributed by atoms with Crippen LogP contribution in [0.1, 0.15) is 48.9 Å². The molecule has 2 fully saturated rings. The summed E-state index contributed by atoms with van der Waals surface area (Å²) >= 11 is 0. The third kappa shape index (κ3) is 5.95. The molecule has 2 N–H and O–H groups in total. The maximum absolute atomic E-state index is 14.9. The summed E-state index contributed by atoms with van der Waals surface area (Å²) in [6, 6.07) is 10.8. The maximum Gasteiger partial charge on any atom is 0.342 e. The molecule has 13 heteroatoms. The van der Waals surface area contributed by atoms with Gasteiger partial charge in [0.1, 0.15) is 17.3 Å². The number of nitrogens with zero attached hydrogens (tertiary/aromatic N) is 6. The fraction of sp³-hybridized carbons (Fsp3) is 0.452. The molecule has 3 aliphatic rings. The Morgan fingerprint density at radius 3 is 2.55 bits per heavy atom. The number of alkyl halides is 2. The van der Waals surface area contributed by atoms with E-state index in [1.165, 1.54) is 20.4 Å². The molecule has 2 aliphatic heterocycles. The van der Waals surface area contributed by atoms with Gasteiger partial charge in [-0.05, 0) is 56.0 Å². The number of methoxy groups -OCH3 is 1. The number of amides is 2. The largest absolute Gasteiger partial charge is 0.495 e. The van der Waals surface area contributed by atoms with E-state index in [0.29, 0.717) is 17.0 Å². The van der Waals surface area contributed by atoms with Gasteiger partial charge >= 0.3 is 5.92 Å². The summed E-state index contributed by atoms with van der Waals surface area (Å²) in [6.07, 6.45) is 8.15. The van der Waals surface area contributed by atoms with Crippen molar-refractivity contribution in [1.82, 2.24) is 20.3 Å². The molecule has 0 atom stereocenters. The molecular formula is C31H36F2N8O3. The summed E-state index contributed by atoms with van der Waals surface area (Å²) in [6.45, 7) is 0.864. The molecule has 4 heterocycles. The Morgan fingerprint density at radius 1 is 1.07 bits per heavy atom. The molecule has 0 bridgehead atoms. The number of aromatic nitrogens is 3. The van der Waals surface area contributed by atoms with Crippen LogP contribution in [0.2, 0.25) is 0 Å². The van der Waals surface area contributed by atoms with Crippen molar-refractivity contribution in [3.05, 3.63) is 54.4 Å². The second-order valence-corrected chi connectivity index (χ2v) is 11.5. The lowest BCUT2D eigenvalue weighted by Crippen LogP contribution is -2.48. The van der Waals surface area contributed by atoms with E-state index >= 15 is 0 Å². The minimum atomic E-state index is -3.55. The number of pyridine rings is 1. The number of carbonyl (C=O) groups excluding carboxylic acids is 2. The fourth-order valence-corrected chi connectivity index (χ4v) is 6.22. The first kappa shape index (κ1) is 29.5. The van der Waals surface area contributed by atoms with E-state index in [0.717, 1.165) is 62.3 Å². The molecule has 0 radical (unpaired) electrons. The number of nitrogens with one attached hydrogen (secondary N) is 2. The van der Waals surface area contributed by atoms with Gasteiger partial charge in [0.2, 0.25) is 5.95 Å². The van der Waals surface area contributed by atoms with E-state index in [1.807, 2.05) is 18.2 Å². The van der Waals surface area contributed by atoms with Crippen LogP contribution >= 0.6 is 0 Å². The van der Waals surface area contributed by atoms with E-state index in [4.69, 9.17) is 4.74 Å². The second-order valence-electron chi connectivity index (χ2n) is 11.5. The highest BCUT2D eigenvalue weighted by molar-refractivity contribution is 6.02. The molecule has 2 aromatic heterocycles. The number of piperidine rings is 1. The highest BCUT2D eigenvalue weighted by atomic mass is 19.3. The Balaban J connectivity index is 1.17. The van der Waals surface area contributed by atoms with Crippen LogP contribution in [-0.2, 0) is 4.79 Å². The number of hydrogen-bond donors (Lipinski definition) is 2. The first-order valence-corrected chi connectivity index (χ1v) is 14.9. The van der Waals surface area contributed by atoms with Gasteiger partial charge in [-0.15, -0.1) is 0 Å². The molecule has 44 heavy (non-hydrogen) atoms. The third-order valence-corrected chi connectivity index (χ3v) is 8.65. The standard InChI is InChI=1S/C31H36F2N8O3/c1-39-24-18-35-30(38-27(24)41(22-7-3-4-8-22)19-31(32,33)29(39)43)37-23-11-10-20(17-25(23)44-2)28(42)36-21-12-15-40(16-13-21)26-9-5-6-14-34-26/h5-6,9-11,14,17-18,21-22H,3-4,7-8,12-13,15-16,19H2,1-2H3,(H,36,42)(H,35,37,38). The van der Waals surface area contributed by atoms with Crippen molar-refractivity contribution in [3.63, 3.8) is 0 Å². The second kappa shape index (κ2) is 12.2. The molecule has 232 valence electrons. The monoisotopic (exact) mass is 606 g/mol. The molecule has 1 saturated carbocycles. The van der Waals surface area contributed by atoms with Crippen molar-refractivity contribution in [1.29, 1.82) is 0 Å². The summed E-state index contributed by atoms with van der Waals surface area (Å²) < 4.78 is 35.4. The first-order chi connectivity index (χ1) is 21.2. The quantitative estimate of drug-likeness (QED) is 0.404. The van der Waals surface area contributed by atoms with Crippen LogP contribution in [0.4, 0.5) is 37.7 Å². The fourth-order valence-electron chi connectivity index (χ4n) is 6.22. The van der Waals surface area contributed by atoms with Crippen LogP contribution in [0, 0.1) is 0 Å². The number of benzene rings is 1. The molecule has 2 amide bonds. The van der Waals surface area contributed by atoms with Gasteiger partial charge in [0.05, 0.1) is 25.5 Å². The van der Waals surface area contributed by atoms with Gasteiger partial charge in [0, 0.05) is 44.0 Å². The number of anilines is 5. The summed E-state index contributed by atoms with van der Waals surface area (Å²) in [5.74, 6) is -3.26. The summed E-state index contributed by atoms with van der Waals surface area (Å²) in [5, 5.41) is 6.24. The van der Waals surface area contributed by atoms with Gasteiger partial charge in [0.25, 0.3) is 11.8 Å². The third-order valence-electron chi connectivity index (χ3n) is 8.65. The molecule has 0 unspecified atom stereocenters. The highest BCUT2D eigenvalue weighted by Gasteiger charge is 2.48. The molecule has 1 saturated heterocycles. The Hall–Kier alpha value is -4.55. The van der Waals surface area contributed by atoms with Gasteiger partial charge in [-0.1, -0.05) is 18.9 Å². The first-order valence-electron chi connectivity index (χ1n) is 14.9. The van der Waals surface area contributed by atoms with Crippen LogP contribution < -0.4 is 30.1 Å². The van der Waals surface area contributed by atoms with Crippen molar-refractivity contribution < 1.29 is 23.1 Å². The summed E-state index contributed by atoms with van der Waals surface area (Å²) in [7, 11) is 2.82. The van der Waals surface area contributed by atoms with Crippen LogP contribution in [0.5, 0.6) is 5.75 Å². The lowest BCUT2D eigenvalue weighted by Gasteiger charge is -2.33. The summed E-state index contributed by atoms with van der Waals surface area (Å²) in [5.41, 5.74) is 1.18. The molecule has 1 aliphatic carbocycles. The lowest BCUT2D eigenvalue weighted by molar-refractivity contribution is -0.140. The number of rotatable bonds is 7. The minimum Gasteiger partial charge on any atom is -0.495 e. The van der Waals surface area contributed by atoms with Crippen molar-refractivity contribution >= 4 is 40.8 Å². The summed E-state index contributed by atoms with van der Waals surface area (Å²) in [4.78, 5) is 43.8. The van der Waals surface area contributed by atoms with E-state index in [1.54, 1.807) is 29.3 Å². The Morgan fingerprint density at radius 2 is 1.84 bits per heavy atom. The zero-order valence-corrected chi connectivity index (χ0v) is 24.8. The van der Waals surface area contributed by atoms with Crippen molar-refractivity contribution in [2.45, 2.75) is 56.5 Å². The van der Waals surface area contributed by atoms with Crippen molar-refractivity contribution in [2.24, 2.45) is 0 Å². The Bertz CT molecular complexity index is 1510. The highest BCUT2D eigenvalue weighted by Crippen LogP contribution is 2.40. The number of carbonyl (C=O) groups is 2. The van der Waals surface area contributed by atoms with Crippen LogP contribution in [-0.4, -0.2) is 78.6 Å². The predicted octanol–water partition coefficient (Wildman–Crippen LogP) is 4.38. The van der Waals surface area contributed by atoms with Crippen molar-refractivity contribution in [3.8, 4) is 5.75 Å². The van der Waals surface area contributed by atoms with Crippen LogP contribution in [0.15, 0.2) is 48.8 Å².